The van der Waals surface area contributed by atoms with E-state index in [1.807, 2.05) is 6.92 Å². The number of nitrogens with one attached hydrogen (secondary N) is 1. The summed E-state index contributed by atoms with van der Waals surface area (Å²) in [4.78, 5) is 1.19. The van der Waals surface area contributed by atoms with Crippen molar-refractivity contribution in [2.45, 2.75) is 33.2 Å². The molecule has 0 saturated heterocycles. The van der Waals surface area contributed by atoms with Crippen LogP contribution in [0.1, 0.15) is 32.6 Å². The number of thiophene rings is 1. The van der Waals surface area contributed by atoms with Crippen LogP contribution in [-0.2, 0) is 0 Å². The van der Waals surface area contributed by atoms with Gasteiger partial charge < -0.3 is 5.43 Å². The Hall–Kier alpha value is -0.350. The first-order valence-corrected chi connectivity index (χ1v) is 6.11. The molecule has 0 spiro atoms. The van der Waals surface area contributed by atoms with Crippen molar-refractivity contribution >= 4 is 33.0 Å². The normalized spacial score (nSPS) is 13.1. The number of halogens is 1. The molecular weight excluding hydrogens is 260 g/mol. The maximum absolute atomic E-state index is 4.34. The smallest absolute Gasteiger partial charge is 0.0744 e. The van der Waals surface area contributed by atoms with Crippen molar-refractivity contribution in [3.8, 4) is 0 Å². The van der Waals surface area contributed by atoms with Gasteiger partial charge in [-0.3, -0.25) is 0 Å². The zero-order valence-corrected chi connectivity index (χ0v) is 11.3. The Morgan fingerprint density at radius 2 is 2.14 bits per heavy atom. The third-order valence-corrected chi connectivity index (χ3v) is 3.28. The van der Waals surface area contributed by atoms with Gasteiger partial charge in [0.05, 0.1) is 10.6 Å². The summed E-state index contributed by atoms with van der Waals surface area (Å²) in [7, 11) is 0. The second-order valence-electron chi connectivity index (χ2n) is 4.19. The van der Waals surface area contributed by atoms with Gasteiger partial charge in [-0.25, -0.2) is 0 Å². The van der Waals surface area contributed by atoms with E-state index in [4.69, 9.17) is 0 Å². The number of nitrogens with zero attached hydrogens (tertiary/aromatic N) is 1. The molecule has 1 heterocycles. The van der Waals surface area contributed by atoms with Gasteiger partial charge in [-0.1, -0.05) is 0 Å². The fourth-order valence-corrected chi connectivity index (χ4v) is 2.19. The van der Waals surface area contributed by atoms with E-state index in [-0.39, 0.29) is 5.54 Å². The number of hydrogen-bond donors (Lipinski definition) is 1. The van der Waals surface area contributed by atoms with Gasteiger partial charge in [0.2, 0.25) is 0 Å². The number of rotatable bonds is 2. The van der Waals surface area contributed by atoms with Crippen molar-refractivity contribution in [1.29, 1.82) is 0 Å². The van der Waals surface area contributed by atoms with Crippen LogP contribution in [0.5, 0.6) is 0 Å². The summed E-state index contributed by atoms with van der Waals surface area (Å²) in [6, 6.07) is 2.08. The second kappa shape index (κ2) is 4.45. The van der Waals surface area contributed by atoms with E-state index in [9.17, 15) is 0 Å². The van der Waals surface area contributed by atoms with Gasteiger partial charge in [-0.2, -0.15) is 5.10 Å². The summed E-state index contributed by atoms with van der Waals surface area (Å²) >= 11 is 5.12. The van der Waals surface area contributed by atoms with Crippen LogP contribution in [0, 0.1) is 0 Å². The maximum Gasteiger partial charge on any atom is 0.0744 e. The second-order valence-corrected chi connectivity index (χ2v) is 6.02. The average molecular weight is 275 g/mol. The molecule has 1 rings (SSSR count). The maximum atomic E-state index is 4.34. The summed E-state index contributed by atoms with van der Waals surface area (Å²) < 4.78 is 1.11. The topological polar surface area (TPSA) is 24.4 Å². The molecule has 0 aliphatic rings. The highest BCUT2D eigenvalue weighted by Gasteiger charge is 2.08. The Kier molecular flexibility index (Phi) is 3.72. The molecule has 0 amide bonds. The number of hydrogen-bond acceptors (Lipinski definition) is 3. The molecule has 2 nitrogen and oxygen atoms in total. The molecule has 0 saturated carbocycles. The van der Waals surface area contributed by atoms with Crippen LogP contribution in [0.4, 0.5) is 0 Å². The summed E-state index contributed by atoms with van der Waals surface area (Å²) in [5, 5.41) is 6.40. The van der Waals surface area contributed by atoms with Crippen molar-refractivity contribution in [3.05, 3.63) is 20.8 Å². The molecule has 14 heavy (non-hydrogen) atoms. The Morgan fingerprint density at radius 3 is 2.57 bits per heavy atom. The van der Waals surface area contributed by atoms with Gasteiger partial charge >= 0.3 is 0 Å². The fourth-order valence-electron chi connectivity index (χ4n) is 0.809. The van der Waals surface area contributed by atoms with E-state index in [2.05, 4.69) is 58.7 Å². The van der Waals surface area contributed by atoms with Crippen LogP contribution < -0.4 is 5.43 Å². The van der Waals surface area contributed by atoms with Crippen molar-refractivity contribution in [3.63, 3.8) is 0 Å². The van der Waals surface area contributed by atoms with E-state index >= 15 is 0 Å². The van der Waals surface area contributed by atoms with E-state index in [0.717, 1.165) is 10.2 Å². The van der Waals surface area contributed by atoms with E-state index < -0.39 is 0 Å². The number of hydrazone groups is 1. The zero-order chi connectivity index (χ0) is 10.8. The van der Waals surface area contributed by atoms with Gasteiger partial charge in [0.15, 0.2) is 0 Å². The molecule has 4 heteroatoms. The standard InChI is InChI=1S/C10H15BrN2S/c1-7(12-13-10(2,3)4)9-5-8(11)6-14-9/h5-6,13H,1-4H3/b12-7+. The first-order valence-electron chi connectivity index (χ1n) is 4.44. The average Bonchev–Trinajstić information content (AvgIpc) is 2.46. The van der Waals surface area contributed by atoms with Crippen molar-refractivity contribution < 1.29 is 0 Å². The van der Waals surface area contributed by atoms with Crippen LogP contribution in [0.15, 0.2) is 21.0 Å². The van der Waals surface area contributed by atoms with Gasteiger partial charge in [0, 0.05) is 15.4 Å². The highest BCUT2D eigenvalue weighted by molar-refractivity contribution is 9.10. The lowest BCUT2D eigenvalue weighted by atomic mass is 10.1. The first-order chi connectivity index (χ1) is 6.38. The summed E-state index contributed by atoms with van der Waals surface area (Å²) in [5.41, 5.74) is 4.16. The molecule has 0 radical (unpaired) electrons. The van der Waals surface area contributed by atoms with Crippen molar-refractivity contribution in [2.24, 2.45) is 5.10 Å². The Labute approximate surface area is 97.5 Å². The summed E-state index contributed by atoms with van der Waals surface area (Å²) in [6.45, 7) is 8.29. The Morgan fingerprint density at radius 1 is 1.50 bits per heavy atom. The van der Waals surface area contributed by atoms with Gasteiger partial charge in [0.1, 0.15) is 0 Å². The van der Waals surface area contributed by atoms with Crippen LogP contribution in [0.25, 0.3) is 0 Å². The highest BCUT2D eigenvalue weighted by atomic mass is 79.9. The molecule has 1 aromatic rings. The fraction of sp³-hybridized carbons (Fsp3) is 0.500. The van der Waals surface area contributed by atoms with Crippen LogP contribution in [0.3, 0.4) is 0 Å². The molecular formula is C10H15BrN2S. The SMILES string of the molecule is C/C(=N\NC(C)(C)C)c1cc(Br)cs1. The van der Waals surface area contributed by atoms with Crippen LogP contribution in [0.2, 0.25) is 0 Å². The Balaban J connectivity index is 2.70. The lowest BCUT2D eigenvalue weighted by Crippen LogP contribution is -2.32. The molecule has 0 unspecified atom stereocenters. The minimum atomic E-state index is 0.0236. The molecule has 0 aliphatic heterocycles. The zero-order valence-electron chi connectivity index (χ0n) is 8.89. The van der Waals surface area contributed by atoms with Gasteiger partial charge in [-0.05, 0) is 49.7 Å². The predicted molar refractivity (Wildman–Crippen MR) is 67.1 cm³/mol. The lowest BCUT2D eigenvalue weighted by molar-refractivity contribution is 0.441. The molecule has 1 N–H and O–H groups in total. The lowest BCUT2D eigenvalue weighted by Gasteiger charge is -2.17. The highest BCUT2D eigenvalue weighted by Crippen LogP contribution is 2.20. The van der Waals surface area contributed by atoms with Gasteiger partial charge in [-0.15, -0.1) is 11.3 Å². The molecule has 0 aromatic carbocycles. The van der Waals surface area contributed by atoms with E-state index in [1.165, 1.54) is 4.88 Å². The summed E-state index contributed by atoms with van der Waals surface area (Å²) in [5.74, 6) is 0. The van der Waals surface area contributed by atoms with Crippen molar-refractivity contribution in [2.75, 3.05) is 0 Å². The third-order valence-electron chi connectivity index (χ3n) is 1.48. The van der Waals surface area contributed by atoms with Crippen LogP contribution in [-0.4, -0.2) is 11.3 Å². The molecule has 1 aromatic heterocycles. The molecule has 78 valence electrons. The largest absolute Gasteiger partial charge is 0.305 e. The molecule has 0 bridgehead atoms. The quantitative estimate of drug-likeness (QED) is 0.647. The predicted octanol–water partition coefficient (Wildman–Crippen LogP) is 3.62. The molecule has 0 atom stereocenters. The molecule has 0 aliphatic carbocycles. The minimum absolute atomic E-state index is 0.0236. The van der Waals surface area contributed by atoms with E-state index in [1.54, 1.807) is 11.3 Å². The van der Waals surface area contributed by atoms with Gasteiger partial charge in [0.25, 0.3) is 0 Å². The van der Waals surface area contributed by atoms with Crippen LogP contribution >= 0.6 is 27.3 Å². The molecule has 0 fully saturated rings. The third kappa shape index (κ3) is 3.80. The minimum Gasteiger partial charge on any atom is -0.305 e. The monoisotopic (exact) mass is 274 g/mol. The Bertz CT molecular complexity index is 336. The first kappa shape index (κ1) is 11.7. The van der Waals surface area contributed by atoms with E-state index in [0.29, 0.717) is 0 Å². The summed E-state index contributed by atoms with van der Waals surface area (Å²) in [6.07, 6.45) is 0. The van der Waals surface area contributed by atoms with Crippen molar-refractivity contribution in [1.82, 2.24) is 5.43 Å².